The van der Waals surface area contributed by atoms with Gasteiger partial charge in [0.25, 0.3) is 5.91 Å². The second-order valence-electron chi connectivity index (χ2n) is 3.50. The zero-order valence-electron chi connectivity index (χ0n) is 9.49. The van der Waals surface area contributed by atoms with Crippen LogP contribution in [0.5, 0.6) is 11.5 Å². The van der Waals surface area contributed by atoms with E-state index in [1.54, 1.807) is 6.07 Å². The Morgan fingerprint density at radius 1 is 1.29 bits per heavy atom. The first kappa shape index (κ1) is 11.3. The van der Waals surface area contributed by atoms with Crippen LogP contribution in [0.1, 0.15) is 17.3 Å². The van der Waals surface area contributed by atoms with E-state index in [0.717, 1.165) is 0 Å². The number of rotatable bonds is 2. The monoisotopic (exact) mass is 236 g/mol. The summed E-state index contributed by atoms with van der Waals surface area (Å²) in [6.45, 7) is 1.65. The molecule has 0 aliphatic carbocycles. The molecular formula is C11H12N2O4. The van der Waals surface area contributed by atoms with E-state index in [0.29, 0.717) is 23.7 Å². The van der Waals surface area contributed by atoms with Gasteiger partial charge in [0, 0.05) is 13.0 Å². The first-order valence-corrected chi connectivity index (χ1v) is 5.04. The highest BCUT2D eigenvalue weighted by Crippen LogP contribution is 2.34. The molecule has 1 amide bonds. The standard InChI is InChI=1S/C11H12N2O4/c1-6(14)17-10-3-7-8(4-9(10)16-2)12-5-13-11(7)15/h3-4,12H,5H2,1-2H3,(H,13,15). The number of nitrogens with one attached hydrogen (secondary N) is 2. The summed E-state index contributed by atoms with van der Waals surface area (Å²) in [5.74, 6) is -0.0408. The van der Waals surface area contributed by atoms with Gasteiger partial charge in [-0.25, -0.2) is 0 Å². The van der Waals surface area contributed by atoms with Gasteiger partial charge in [-0.3, -0.25) is 9.59 Å². The molecule has 0 unspecified atom stereocenters. The van der Waals surface area contributed by atoms with Gasteiger partial charge in [-0.05, 0) is 6.07 Å². The predicted octanol–water partition coefficient (Wildman–Crippen LogP) is 0.733. The summed E-state index contributed by atoms with van der Waals surface area (Å²) in [7, 11) is 1.47. The summed E-state index contributed by atoms with van der Waals surface area (Å²) in [5, 5.41) is 5.62. The molecule has 1 aromatic rings. The van der Waals surface area contributed by atoms with Crippen molar-refractivity contribution >= 4 is 17.6 Å². The van der Waals surface area contributed by atoms with Crippen molar-refractivity contribution in [3.8, 4) is 11.5 Å². The second kappa shape index (κ2) is 4.32. The molecule has 0 radical (unpaired) electrons. The first-order chi connectivity index (χ1) is 8.11. The van der Waals surface area contributed by atoms with E-state index in [4.69, 9.17) is 9.47 Å². The Bertz CT molecular complexity index is 485. The Morgan fingerprint density at radius 2 is 2.06 bits per heavy atom. The van der Waals surface area contributed by atoms with Crippen LogP contribution in [0.4, 0.5) is 5.69 Å². The summed E-state index contributed by atoms with van der Waals surface area (Å²) in [6.07, 6.45) is 0. The average molecular weight is 236 g/mol. The van der Waals surface area contributed by atoms with Crippen LogP contribution in [0, 0.1) is 0 Å². The molecule has 0 atom stereocenters. The van der Waals surface area contributed by atoms with E-state index in [-0.39, 0.29) is 11.7 Å². The van der Waals surface area contributed by atoms with Crippen molar-refractivity contribution in [1.82, 2.24) is 5.32 Å². The zero-order chi connectivity index (χ0) is 12.4. The zero-order valence-corrected chi connectivity index (χ0v) is 9.49. The number of methoxy groups -OCH3 is 1. The molecule has 2 rings (SSSR count). The summed E-state index contributed by atoms with van der Waals surface area (Å²) >= 11 is 0. The molecule has 0 spiro atoms. The number of carbonyl (C=O) groups excluding carboxylic acids is 2. The van der Waals surface area contributed by atoms with Gasteiger partial charge in [-0.15, -0.1) is 0 Å². The number of anilines is 1. The van der Waals surface area contributed by atoms with Gasteiger partial charge in [0.05, 0.1) is 25.0 Å². The van der Waals surface area contributed by atoms with Crippen molar-refractivity contribution in [2.24, 2.45) is 0 Å². The molecule has 1 aromatic carbocycles. The molecule has 1 aliphatic heterocycles. The summed E-state index contributed by atoms with van der Waals surface area (Å²) in [5.41, 5.74) is 1.08. The van der Waals surface area contributed by atoms with Crippen molar-refractivity contribution in [1.29, 1.82) is 0 Å². The van der Waals surface area contributed by atoms with E-state index in [2.05, 4.69) is 10.6 Å². The highest BCUT2D eigenvalue weighted by atomic mass is 16.6. The van der Waals surface area contributed by atoms with Crippen molar-refractivity contribution < 1.29 is 19.1 Å². The van der Waals surface area contributed by atoms with E-state index in [1.165, 1.54) is 20.1 Å². The van der Waals surface area contributed by atoms with Gasteiger partial charge >= 0.3 is 5.97 Å². The topological polar surface area (TPSA) is 76.7 Å². The van der Waals surface area contributed by atoms with E-state index in [1.807, 2.05) is 0 Å². The molecule has 1 aliphatic rings. The maximum Gasteiger partial charge on any atom is 0.308 e. The number of carbonyl (C=O) groups is 2. The quantitative estimate of drug-likeness (QED) is 0.585. The smallest absolute Gasteiger partial charge is 0.308 e. The molecule has 0 aromatic heterocycles. The lowest BCUT2D eigenvalue weighted by molar-refractivity contribution is -0.132. The van der Waals surface area contributed by atoms with Crippen molar-refractivity contribution in [3.63, 3.8) is 0 Å². The Balaban J connectivity index is 2.48. The maximum absolute atomic E-state index is 11.6. The molecule has 6 heteroatoms. The third kappa shape index (κ3) is 2.15. The third-order valence-electron chi connectivity index (χ3n) is 2.33. The highest BCUT2D eigenvalue weighted by Gasteiger charge is 2.20. The minimum Gasteiger partial charge on any atom is -0.493 e. The van der Waals surface area contributed by atoms with Crippen LogP contribution in [0.25, 0.3) is 0 Å². The van der Waals surface area contributed by atoms with Crippen LogP contribution < -0.4 is 20.1 Å². The Kier molecular flexibility index (Phi) is 2.86. The van der Waals surface area contributed by atoms with Gasteiger partial charge in [-0.2, -0.15) is 0 Å². The number of benzene rings is 1. The second-order valence-corrected chi connectivity index (χ2v) is 3.50. The fourth-order valence-corrected chi connectivity index (χ4v) is 1.60. The molecule has 0 bridgehead atoms. The fourth-order valence-electron chi connectivity index (χ4n) is 1.60. The van der Waals surface area contributed by atoms with Crippen LogP contribution in [0.15, 0.2) is 12.1 Å². The summed E-state index contributed by atoms with van der Waals surface area (Å²) < 4.78 is 10.1. The molecule has 17 heavy (non-hydrogen) atoms. The summed E-state index contributed by atoms with van der Waals surface area (Å²) in [6, 6.07) is 3.11. The molecule has 0 saturated carbocycles. The van der Waals surface area contributed by atoms with Crippen LogP contribution in [-0.2, 0) is 4.79 Å². The fraction of sp³-hybridized carbons (Fsp3) is 0.273. The van der Waals surface area contributed by atoms with E-state index in [9.17, 15) is 9.59 Å². The molecule has 2 N–H and O–H groups in total. The number of ether oxygens (including phenoxy) is 2. The minimum atomic E-state index is -0.465. The molecule has 0 saturated heterocycles. The lowest BCUT2D eigenvalue weighted by Crippen LogP contribution is -2.34. The molecule has 90 valence electrons. The predicted molar refractivity (Wildman–Crippen MR) is 60.3 cm³/mol. The van der Waals surface area contributed by atoms with Crippen molar-refractivity contribution in [3.05, 3.63) is 17.7 Å². The molecule has 6 nitrogen and oxygen atoms in total. The highest BCUT2D eigenvalue weighted by molar-refractivity contribution is 6.02. The van der Waals surface area contributed by atoms with E-state index >= 15 is 0 Å². The van der Waals surface area contributed by atoms with E-state index < -0.39 is 5.97 Å². The Morgan fingerprint density at radius 3 is 2.71 bits per heavy atom. The minimum absolute atomic E-state index is 0.213. The normalized spacial score (nSPS) is 13.2. The third-order valence-corrected chi connectivity index (χ3v) is 2.33. The molecule has 0 fully saturated rings. The largest absolute Gasteiger partial charge is 0.493 e. The van der Waals surface area contributed by atoms with Gasteiger partial charge in [0.2, 0.25) is 0 Å². The van der Waals surface area contributed by atoms with Crippen molar-refractivity contribution in [2.75, 3.05) is 19.1 Å². The Labute approximate surface area is 97.9 Å². The number of hydrogen-bond donors (Lipinski definition) is 2. The van der Waals surface area contributed by atoms with Crippen LogP contribution in [0.2, 0.25) is 0 Å². The van der Waals surface area contributed by atoms with Gasteiger partial charge in [0.1, 0.15) is 0 Å². The van der Waals surface area contributed by atoms with Crippen LogP contribution >= 0.6 is 0 Å². The van der Waals surface area contributed by atoms with Gasteiger partial charge < -0.3 is 20.1 Å². The number of esters is 1. The Hall–Kier alpha value is -2.24. The van der Waals surface area contributed by atoms with Crippen LogP contribution in [0.3, 0.4) is 0 Å². The average Bonchev–Trinajstić information content (AvgIpc) is 2.29. The summed E-state index contributed by atoms with van der Waals surface area (Å²) in [4.78, 5) is 22.5. The number of fused-ring (bicyclic) bond motifs is 1. The number of amides is 1. The van der Waals surface area contributed by atoms with Gasteiger partial charge in [-0.1, -0.05) is 0 Å². The lowest BCUT2D eigenvalue weighted by atomic mass is 10.1. The molecular weight excluding hydrogens is 224 g/mol. The van der Waals surface area contributed by atoms with Crippen molar-refractivity contribution in [2.45, 2.75) is 6.92 Å². The first-order valence-electron chi connectivity index (χ1n) is 5.04. The van der Waals surface area contributed by atoms with Crippen LogP contribution in [-0.4, -0.2) is 25.7 Å². The lowest BCUT2D eigenvalue weighted by Gasteiger charge is -2.20. The maximum atomic E-state index is 11.6. The molecule has 1 heterocycles. The SMILES string of the molecule is COc1cc2c(cc1OC(C)=O)C(=O)NCN2. The number of hydrogen-bond acceptors (Lipinski definition) is 5. The van der Waals surface area contributed by atoms with Gasteiger partial charge in [0.15, 0.2) is 11.5 Å².